The molecule has 3 heterocycles. The summed E-state index contributed by atoms with van der Waals surface area (Å²) in [6.07, 6.45) is -1.82. The van der Waals surface area contributed by atoms with Crippen molar-refractivity contribution in [3.63, 3.8) is 0 Å². The first-order valence-corrected chi connectivity index (χ1v) is 11.5. The van der Waals surface area contributed by atoms with Crippen molar-refractivity contribution >= 4 is 27.5 Å². The Morgan fingerprint density at radius 1 is 1.21 bits per heavy atom. The van der Waals surface area contributed by atoms with Crippen LogP contribution in [-0.2, 0) is 17.1 Å². The molecule has 0 bridgehead atoms. The molecule has 10 nitrogen and oxygen atoms in total. The van der Waals surface area contributed by atoms with E-state index >= 15 is 0 Å². The van der Waals surface area contributed by atoms with Crippen molar-refractivity contribution in [2.45, 2.75) is 31.8 Å². The van der Waals surface area contributed by atoms with Crippen LogP contribution in [0.3, 0.4) is 0 Å². The largest absolute Gasteiger partial charge is 0.476 e. The highest BCUT2D eigenvalue weighted by Gasteiger charge is 2.48. The summed E-state index contributed by atoms with van der Waals surface area (Å²) in [5.74, 6) is -0.960. The highest BCUT2D eigenvalue weighted by atomic mass is 35.5. The lowest BCUT2D eigenvalue weighted by molar-refractivity contribution is -0.219. The Kier molecular flexibility index (Phi) is 6.68. The minimum Gasteiger partial charge on any atom is -0.476 e. The number of nitrogens with one attached hydrogen (secondary N) is 1. The molecule has 15 heteroatoms. The fourth-order valence-electron chi connectivity index (χ4n) is 2.64. The number of amides is 1. The number of hydrogen-bond donors (Lipinski definition) is 1. The van der Waals surface area contributed by atoms with Crippen LogP contribution in [0.25, 0.3) is 5.82 Å². The first-order chi connectivity index (χ1) is 15.6. The number of aryl methyl sites for hydroxylation is 2. The Morgan fingerprint density at radius 2 is 1.88 bits per heavy atom. The summed E-state index contributed by atoms with van der Waals surface area (Å²) in [6.45, 7) is 2.84. The Morgan fingerprint density at radius 3 is 2.44 bits per heavy atom. The van der Waals surface area contributed by atoms with Gasteiger partial charge in [0.25, 0.3) is 15.9 Å². The van der Waals surface area contributed by atoms with E-state index in [0.717, 1.165) is 13.8 Å². The van der Waals surface area contributed by atoms with Gasteiger partial charge in [-0.15, -0.1) is 5.10 Å². The summed E-state index contributed by atoms with van der Waals surface area (Å²) < 4.78 is 73.4. The van der Waals surface area contributed by atoms with Crippen molar-refractivity contribution < 1.29 is 31.1 Å². The number of sulfonamides is 1. The number of rotatable bonds is 7. The van der Waals surface area contributed by atoms with Gasteiger partial charge in [0.2, 0.25) is 5.88 Å². The van der Waals surface area contributed by atoms with Gasteiger partial charge in [-0.25, -0.2) is 22.8 Å². The molecule has 0 aromatic carbocycles. The van der Waals surface area contributed by atoms with Crippen LogP contribution in [0.4, 0.5) is 13.2 Å². The van der Waals surface area contributed by atoms with Crippen LogP contribution in [0.2, 0.25) is 5.15 Å². The molecule has 0 aliphatic rings. The standard InChI is InChI=1S/C19H20ClF3N6O4S/c1-11-13(9-28(4)25-11)34(31,32)27-17(30)12-5-6-14(24-16(12)20)29-8-7-15(26-29)33-10-18(2,3)19(21,22)23/h5-9H,10H2,1-4H3,(H,27,30). The van der Waals surface area contributed by atoms with E-state index in [-0.39, 0.29) is 33.0 Å². The molecule has 0 fully saturated rings. The summed E-state index contributed by atoms with van der Waals surface area (Å²) in [7, 11) is -2.67. The van der Waals surface area contributed by atoms with Gasteiger partial charge >= 0.3 is 6.18 Å². The number of ether oxygens (including phenoxy) is 1. The summed E-state index contributed by atoms with van der Waals surface area (Å²) >= 11 is 6.08. The highest BCUT2D eigenvalue weighted by molar-refractivity contribution is 7.90. The van der Waals surface area contributed by atoms with Crippen LogP contribution >= 0.6 is 11.6 Å². The first-order valence-electron chi connectivity index (χ1n) is 9.60. The van der Waals surface area contributed by atoms with Gasteiger partial charge in [0.05, 0.1) is 16.7 Å². The van der Waals surface area contributed by atoms with E-state index in [1.54, 1.807) is 0 Å². The molecule has 34 heavy (non-hydrogen) atoms. The van der Waals surface area contributed by atoms with E-state index < -0.39 is 34.1 Å². The maximum absolute atomic E-state index is 13.0. The van der Waals surface area contributed by atoms with Gasteiger partial charge in [-0.05, 0) is 32.9 Å². The van der Waals surface area contributed by atoms with Crippen molar-refractivity contribution in [1.82, 2.24) is 29.3 Å². The lowest BCUT2D eigenvalue weighted by atomic mass is 9.94. The monoisotopic (exact) mass is 520 g/mol. The molecule has 1 N–H and O–H groups in total. The molecule has 3 aromatic heterocycles. The molecule has 0 atom stereocenters. The van der Waals surface area contributed by atoms with Gasteiger partial charge in [0.15, 0.2) is 5.82 Å². The first kappa shape index (κ1) is 25.5. The van der Waals surface area contributed by atoms with E-state index in [1.807, 2.05) is 4.72 Å². The van der Waals surface area contributed by atoms with Crippen molar-refractivity contribution in [2.24, 2.45) is 12.5 Å². The van der Waals surface area contributed by atoms with E-state index in [9.17, 15) is 26.4 Å². The molecule has 3 aromatic rings. The molecular weight excluding hydrogens is 501 g/mol. The number of hydrogen-bond acceptors (Lipinski definition) is 7. The zero-order valence-corrected chi connectivity index (χ0v) is 20.0. The smallest absolute Gasteiger partial charge is 0.397 e. The number of alkyl halides is 3. The average Bonchev–Trinajstić information content (AvgIpc) is 3.31. The van der Waals surface area contributed by atoms with Crippen LogP contribution in [0, 0.1) is 12.3 Å². The second-order valence-corrected chi connectivity index (χ2v) is 9.97. The van der Waals surface area contributed by atoms with E-state index in [4.69, 9.17) is 16.3 Å². The molecule has 0 unspecified atom stereocenters. The quantitative estimate of drug-likeness (QED) is 0.475. The van der Waals surface area contributed by atoms with Gasteiger partial charge in [0.1, 0.15) is 16.7 Å². The number of aromatic nitrogens is 5. The van der Waals surface area contributed by atoms with Crippen LogP contribution in [0.5, 0.6) is 5.88 Å². The molecule has 0 spiro atoms. The second kappa shape index (κ2) is 8.91. The van der Waals surface area contributed by atoms with Crippen molar-refractivity contribution in [1.29, 1.82) is 0 Å². The van der Waals surface area contributed by atoms with Gasteiger partial charge < -0.3 is 4.74 Å². The van der Waals surface area contributed by atoms with Crippen molar-refractivity contribution in [3.8, 4) is 11.7 Å². The lowest BCUT2D eigenvalue weighted by Crippen LogP contribution is -2.37. The predicted molar refractivity (Wildman–Crippen MR) is 114 cm³/mol. The third-order valence-electron chi connectivity index (χ3n) is 4.71. The summed E-state index contributed by atoms with van der Waals surface area (Å²) in [5, 5.41) is 7.61. The van der Waals surface area contributed by atoms with E-state index in [1.165, 1.54) is 53.9 Å². The Labute approximate surface area is 197 Å². The molecule has 0 aliphatic heterocycles. The number of carbonyl (C=O) groups is 1. The molecule has 0 saturated heterocycles. The Hall–Kier alpha value is -3.13. The normalized spacial score (nSPS) is 12.6. The maximum atomic E-state index is 13.0. The van der Waals surface area contributed by atoms with Gasteiger partial charge in [-0.2, -0.15) is 18.3 Å². The average molecular weight is 521 g/mol. The molecule has 184 valence electrons. The fraction of sp³-hybridized carbons (Fsp3) is 0.368. The number of carbonyl (C=O) groups excluding carboxylic acids is 1. The van der Waals surface area contributed by atoms with Gasteiger partial charge in [-0.1, -0.05) is 11.6 Å². The Balaban J connectivity index is 1.74. The lowest BCUT2D eigenvalue weighted by Gasteiger charge is -2.26. The topological polar surface area (TPSA) is 121 Å². The predicted octanol–water partition coefficient (Wildman–Crippen LogP) is 3.05. The Bertz CT molecular complexity index is 1330. The minimum atomic E-state index is -4.45. The van der Waals surface area contributed by atoms with Crippen LogP contribution in [0.15, 0.2) is 35.5 Å². The molecule has 3 rings (SSSR count). The number of nitrogens with zero attached hydrogens (tertiary/aromatic N) is 5. The second-order valence-electron chi connectivity index (χ2n) is 7.96. The van der Waals surface area contributed by atoms with E-state index in [0.29, 0.717) is 0 Å². The number of halogens is 4. The van der Waals surface area contributed by atoms with Crippen LogP contribution in [0.1, 0.15) is 29.9 Å². The SMILES string of the molecule is Cc1nn(C)cc1S(=O)(=O)NC(=O)c1ccc(-n2ccc(OCC(C)(C)C(F)(F)F)n2)nc1Cl. The molecule has 1 amide bonds. The van der Waals surface area contributed by atoms with Crippen LogP contribution < -0.4 is 9.46 Å². The summed E-state index contributed by atoms with van der Waals surface area (Å²) in [6, 6.07) is 3.91. The van der Waals surface area contributed by atoms with Crippen molar-refractivity contribution in [2.75, 3.05) is 6.61 Å². The third-order valence-corrected chi connectivity index (χ3v) is 6.43. The molecule has 0 radical (unpaired) electrons. The van der Waals surface area contributed by atoms with Crippen LogP contribution in [-0.4, -0.2) is 51.7 Å². The maximum Gasteiger partial charge on any atom is 0.397 e. The zero-order chi connectivity index (χ0) is 25.5. The van der Waals surface area contributed by atoms with Gasteiger partial charge in [0, 0.05) is 25.5 Å². The molecule has 0 aliphatic carbocycles. The molecular formula is C19H20ClF3N6O4S. The number of pyridine rings is 1. The van der Waals surface area contributed by atoms with E-state index in [2.05, 4.69) is 15.2 Å². The fourth-order valence-corrected chi connectivity index (χ4v) is 4.06. The third kappa shape index (κ3) is 5.33. The van der Waals surface area contributed by atoms with Gasteiger partial charge in [-0.3, -0.25) is 9.48 Å². The summed E-state index contributed by atoms with van der Waals surface area (Å²) in [5.41, 5.74) is -2.09. The zero-order valence-electron chi connectivity index (χ0n) is 18.4. The molecule has 0 saturated carbocycles. The minimum absolute atomic E-state index is 0.0741. The van der Waals surface area contributed by atoms with Crippen molar-refractivity contribution in [3.05, 3.63) is 47.0 Å². The highest BCUT2D eigenvalue weighted by Crippen LogP contribution is 2.37. The summed E-state index contributed by atoms with van der Waals surface area (Å²) in [4.78, 5) is 16.4.